The smallest absolute Gasteiger partial charge is 0.174 e. The first-order chi connectivity index (χ1) is 10.8. The number of hydrogen-bond acceptors (Lipinski definition) is 6. The van der Waals surface area contributed by atoms with Gasteiger partial charge in [0.1, 0.15) is 19.3 Å². The maximum absolute atomic E-state index is 9.85. The molecule has 0 unspecified atom stereocenters. The van der Waals surface area contributed by atoms with Crippen LogP contribution >= 0.6 is 0 Å². The molecule has 0 saturated carbocycles. The fourth-order valence-electron chi connectivity index (χ4n) is 1.99. The van der Waals surface area contributed by atoms with E-state index in [9.17, 15) is 5.11 Å². The number of β-amino-alcohol motifs (C(OH)–C–C–N with tert-alkyl or cyclic N) is 1. The van der Waals surface area contributed by atoms with Crippen molar-refractivity contribution in [1.29, 1.82) is 0 Å². The molecule has 23 heavy (non-hydrogen) atoms. The van der Waals surface area contributed by atoms with Gasteiger partial charge in [-0.05, 0) is 39.8 Å². The van der Waals surface area contributed by atoms with Gasteiger partial charge < -0.3 is 24.7 Å². The molecule has 2 rings (SSSR count). The normalized spacial score (nSPS) is 19.3. The van der Waals surface area contributed by atoms with Crippen molar-refractivity contribution in [2.75, 3.05) is 19.8 Å². The summed E-state index contributed by atoms with van der Waals surface area (Å²) in [6.07, 6.45) is -0.898. The highest BCUT2D eigenvalue weighted by molar-refractivity contribution is 5.86. The van der Waals surface area contributed by atoms with Crippen LogP contribution in [-0.4, -0.2) is 48.3 Å². The van der Waals surface area contributed by atoms with Gasteiger partial charge in [0.15, 0.2) is 17.6 Å². The predicted octanol–water partition coefficient (Wildman–Crippen LogP) is 1.97. The standard InChI is InChI=1S/C17H26N2O4/c1-12(19-22-10-13(20)9-18-17(2,3)4)16-11-21-14-7-5-6-8-15(14)23-16/h5-8,13,16,18,20H,9-11H2,1-4H3/b19-12-/t13-,16-/m0/s1. The molecule has 0 saturated heterocycles. The molecule has 1 aliphatic rings. The van der Waals surface area contributed by atoms with E-state index in [2.05, 4.69) is 10.5 Å². The molecule has 6 nitrogen and oxygen atoms in total. The van der Waals surface area contributed by atoms with E-state index < -0.39 is 6.10 Å². The number of hydrogen-bond donors (Lipinski definition) is 2. The average Bonchev–Trinajstić information content (AvgIpc) is 2.51. The van der Waals surface area contributed by atoms with E-state index in [4.69, 9.17) is 14.3 Å². The lowest BCUT2D eigenvalue weighted by atomic mass is 10.1. The van der Waals surface area contributed by atoms with Crippen molar-refractivity contribution in [3.05, 3.63) is 24.3 Å². The van der Waals surface area contributed by atoms with Gasteiger partial charge in [-0.15, -0.1) is 0 Å². The fraction of sp³-hybridized carbons (Fsp3) is 0.588. The monoisotopic (exact) mass is 322 g/mol. The highest BCUT2D eigenvalue weighted by Crippen LogP contribution is 2.31. The van der Waals surface area contributed by atoms with E-state index in [-0.39, 0.29) is 18.2 Å². The quantitative estimate of drug-likeness (QED) is 0.619. The zero-order valence-corrected chi connectivity index (χ0v) is 14.2. The zero-order chi connectivity index (χ0) is 16.9. The molecule has 1 aliphatic heterocycles. The Balaban J connectivity index is 1.78. The van der Waals surface area contributed by atoms with E-state index in [0.29, 0.717) is 24.6 Å². The number of benzene rings is 1. The van der Waals surface area contributed by atoms with Crippen molar-refractivity contribution in [1.82, 2.24) is 5.32 Å². The SMILES string of the molecule is C/C(=N/OC[C@@H](O)CNC(C)(C)C)[C@@H]1COc2ccccc2O1. The third kappa shape index (κ3) is 5.73. The number of oxime groups is 1. The van der Waals surface area contributed by atoms with Crippen molar-refractivity contribution in [3.63, 3.8) is 0 Å². The molecule has 0 amide bonds. The molecule has 1 aromatic rings. The van der Waals surface area contributed by atoms with Crippen molar-refractivity contribution >= 4 is 5.71 Å². The number of para-hydroxylation sites is 2. The minimum atomic E-state index is -0.616. The molecule has 1 aromatic carbocycles. The summed E-state index contributed by atoms with van der Waals surface area (Å²) in [6, 6.07) is 7.52. The molecule has 2 N–H and O–H groups in total. The van der Waals surface area contributed by atoms with E-state index in [1.54, 1.807) is 0 Å². The highest BCUT2D eigenvalue weighted by Gasteiger charge is 2.23. The van der Waals surface area contributed by atoms with Gasteiger partial charge in [0.05, 0.1) is 5.71 Å². The van der Waals surface area contributed by atoms with Gasteiger partial charge in [-0.1, -0.05) is 17.3 Å². The van der Waals surface area contributed by atoms with Crippen LogP contribution in [0.5, 0.6) is 11.5 Å². The van der Waals surface area contributed by atoms with Crippen LogP contribution in [0.1, 0.15) is 27.7 Å². The number of aliphatic hydroxyl groups excluding tert-OH is 1. The molecule has 0 bridgehead atoms. The Morgan fingerprint density at radius 3 is 2.78 bits per heavy atom. The maximum atomic E-state index is 9.85. The zero-order valence-electron chi connectivity index (χ0n) is 14.2. The van der Waals surface area contributed by atoms with E-state index >= 15 is 0 Å². The third-order valence-electron chi connectivity index (χ3n) is 3.32. The maximum Gasteiger partial charge on any atom is 0.174 e. The molecule has 6 heteroatoms. The van der Waals surface area contributed by atoms with Gasteiger partial charge in [0, 0.05) is 12.1 Å². The van der Waals surface area contributed by atoms with Crippen LogP contribution < -0.4 is 14.8 Å². The summed E-state index contributed by atoms with van der Waals surface area (Å²) < 4.78 is 11.5. The Morgan fingerprint density at radius 1 is 1.39 bits per heavy atom. The number of nitrogens with one attached hydrogen (secondary N) is 1. The molecule has 1 heterocycles. The second kappa shape index (κ2) is 7.66. The van der Waals surface area contributed by atoms with Gasteiger partial charge in [-0.25, -0.2) is 0 Å². The fourth-order valence-corrected chi connectivity index (χ4v) is 1.99. The number of aliphatic hydroxyl groups is 1. The molecule has 0 fully saturated rings. The summed E-state index contributed by atoms with van der Waals surface area (Å²) in [5, 5.41) is 17.1. The van der Waals surface area contributed by atoms with Gasteiger partial charge in [0.25, 0.3) is 0 Å². The van der Waals surface area contributed by atoms with Crippen LogP contribution in [0.3, 0.4) is 0 Å². The molecule has 0 radical (unpaired) electrons. The van der Waals surface area contributed by atoms with Gasteiger partial charge >= 0.3 is 0 Å². The van der Waals surface area contributed by atoms with Crippen molar-refractivity contribution in [2.45, 2.75) is 45.4 Å². The van der Waals surface area contributed by atoms with E-state index in [1.165, 1.54) is 0 Å². The lowest BCUT2D eigenvalue weighted by molar-refractivity contribution is 0.0347. The molecule has 128 valence electrons. The van der Waals surface area contributed by atoms with Crippen LogP contribution in [0, 0.1) is 0 Å². The van der Waals surface area contributed by atoms with Crippen LogP contribution in [0.15, 0.2) is 29.4 Å². The first kappa shape index (κ1) is 17.6. The van der Waals surface area contributed by atoms with Crippen molar-refractivity contribution in [3.8, 4) is 11.5 Å². The summed E-state index contributed by atoms with van der Waals surface area (Å²) in [4.78, 5) is 5.23. The molecule has 0 spiro atoms. The first-order valence-corrected chi connectivity index (χ1v) is 7.83. The van der Waals surface area contributed by atoms with Crippen LogP contribution in [0.2, 0.25) is 0 Å². The molecular weight excluding hydrogens is 296 g/mol. The first-order valence-electron chi connectivity index (χ1n) is 7.83. The molecule has 0 aliphatic carbocycles. The Bertz CT molecular complexity index is 540. The molecule has 2 atom stereocenters. The summed E-state index contributed by atoms with van der Waals surface area (Å²) >= 11 is 0. The topological polar surface area (TPSA) is 72.3 Å². The Hall–Kier alpha value is -1.79. The summed E-state index contributed by atoms with van der Waals surface area (Å²) in [5.41, 5.74) is 0.636. The Labute approximate surface area is 137 Å². The van der Waals surface area contributed by atoms with Crippen molar-refractivity contribution < 1.29 is 19.4 Å². The summed E-state index contributed by atoms with van der Waals surface area (Å²) in [6.45, 7) is 8.92. The molecule has 0 aromatic heterocycles. The predicted molar refractivity (Wildman–Crippen MR) is 89.2 cm³/mol. The second-order valence-corrected chi connectivity index (χ2v) is 6.68. The summed E-state index contributed by atoms with van der Waals surface area (Å²) in [5.74, 6) is 1.44. The average molecular weight is 322 g/mol. The van der Waals surface area contributed by atoms with Gasteiger partial charge in [-0.2, -0.15) is 0 Å². The largest absolute Gasteiger partial charge is 0.485 e. The van der Waals surface area contributed by atoms with Gasteiger partial charge in [-0.3, -0.25) is 0 Å². The van der Waals surface area contributed by atoms with Crippen LogP contribution in [0.25, 0.3) is 0 Å². The molecular formula is C17H26N2O4. The van der Waals surface area contributed by atoms with E-state index in [1.807, 2.05) is 52.0 Å². The van der Waals surface area contributed by atoms with Crippen LogP contribution in [-0.2, 0) is 4.84 Å². The Kier molecular flexibility index (Phi) is 5.85. The second-order valence-electron chi connectivity index (χ2n) is 6.68. The lowest BCUT2D eigenvalue weighted by Crippen LogP contribution is -2.42. The van der Waals surface area contributed by atoms with Crippen molar-refractivity contribution in [2.24, 2.45) is 5.16 Å². The number of rotatable bonds is 6. The highest BCUT2D eigenvalue weighted by atomic mass is 16.6. The number of ether oxygens (including phenoxy) is 2. The Morgan fingerprint density at radius 2 is 2.09 bits per heavy atom. The van der Waals surface area contributed by atoms with Gasteiger partial charge in [0.2, 0.25) is 0 Å². The number of nitrogens with zero attached hydrogens (tertiary/aromatic N) is 1. The third-order valence-corrected chi connectivity index (χ3v) is 3.32. The minimum absolute atomic E-state index is 0.0408. The lowest BCUT2D eigenvalue weighted by Gasteiger charge is -2.26. The number of fused-ring (bicyclic) bond motifs is 1. The minimum Gasteiger partial charge on any atom is -0.485 e. The van der Waals surface area contributed by atoms with E-state index in [0.717, 1.165) is 5.75 Å². The van der Waals surface area contributed by atoms with Crippen LogP contribution in [0.4, 0.5) is 0 Å². The summed E-state index contributed by atoms with van der Waals surface area (Å²) in [7, 11) is 0.